The van der Waals surface area contributed by atoms with E-state index in [0.29, 0.717) is 35.5 Å². The number of phenols is 2. The van der Waals surface area contributed by atoms with Gasteiger partial charge in [0.15, 0.2) is 11.5 Å². The van der Waals surface area contributed by atoms with Crippen molar-refractivity contribution in [1.82, 2.24) is 0 Å². The van der Waals surface area contributed by atoms with E-state index in [1.54, 1.807) is 12.1 Å². The van der Waals surface area contributed by atoms with Crippen molar-refractivity contribution >= 4 is 10.8 Å². The zero-order valence-electron chi connectivity index (χ0n) is 10.4. The molecule has 0 aliphatic rings. The molecule has 0 radical (unpaired) electrons. The molecule has 0 amide bonds. The summed E-state index contributed by atoms with van der Waals surface area (Å²) in [7, 11) is 0. The van der Waals surface area contributed by atoms with Crippen LogP contribution >= 0.6 is 0 Å². The van der Waals surface area contributed by atoms with Gasteiger partial charge in [0.05, 0.1) is 13.2 Å². The number of benzene rings is 2. The Morgan fingerprint density at radius 2 is 1.22 bits per heavy atom. The van der Waals surface area contributed by atoms with Gasteiger partial charge in [-0.2, -0.15) is 0 Å². The van der Waals surface area contributed by atoms with Crippen LogP contribution in [-0.2, 0) is 0 Å². The minimum atomic E-state index is 0.104. The lowest BCUT2D eigenvalue weighted by molar-refractivity contribution is 0.288. The number of rotatable bonds is 4. The smallest absolute Gasteiger partial charge is 0.161 e. The van der Waals surface area contributed by atoms with Crippen molar-refractivity contribution in [3.8, 4) is 23.0 Å². The molecular weight excluding hydrogens is 232 g/mol. The van der Waals surface area contributed by atoms with E-state index in [9.17, 15) is 10.2 Å². The predicted molar refractivity (Wildman–Crippen MR) is 69.6 cm³/mol. The zero-order chi connectivity index (χ0) is 13.1. The van der Waals surface area contributed by atoms with Crippen LogP contribution in [0.15, 0.2) is 24.3 Å². The maximum Gasteiger partial charge on any atom is 0.161 e. The van der Waals surface area contributed by atoms with Gasteiger partial charge in [0.1, 0.15) is 11.5 Å². The van der Waals surface area contributed by atoms with Crippen molar-refractivity contribution in [2.24, 2.45) is 0 Å². The molecule has 0 spiro atoms. The highest BCUT2D eigenvalue weighted by molar-refractivity contribution is 5.95. The second kappa shape index (κ2) is 5.04. The maximum atomic E-state index is 9.80. The summed E-state index contributed by atoms with van der Waals surface area (Å²) in [6.45, 7) is 4.76. The highest BCUT2D eigenvalue weighted by Crippen LogP contribution is 2.39. The molecule has 4 nitrogen and oxygen atoms in total. The third-order valence-corrected chi connectivity index (χ3v) is 2.63. The van der Waals surface area contributed by atoms with Crippen LogP contribution in [0.1, 0.15) is 13.8 Å². The fourth-order valence-electron chi connectivity index (χ4n) is 1.86. The molecule has 0 atom stereocenters. The first-order valence-corrected chi connectivity index (χ1v) is 5.91. The second-order valence-electron chi connectivity index (χ2n) is 3.81. The zero-order valence-corrected chi connectivity index (χ0v) is 10.4. The molecule has 18 heavy (non-hydrogen) atoms. The Kier molecular flexibility index (Phi) is 3.46. The lowest BCUT2D eigenvalue weighted by Crippen LogP contribution is -1.98. The molecule has 0 heterocycles. The van der Waals surface area contributed by atoms with Crippen molar-refractivity contribution in [2.45, 2.75) is 13.8 Å². The van der Waals surface area contributed by atoms with E-state index in [1.807, 2.05) is 13.8 Å². The Labute approximate surface area is 105 Å². The maximum absolute atomic E-state index is 9.80. The summed E-state index contributed by atoms with van der Waals surface area (Å²) < 4.78 is 10.9. The van der Waals surface area contributed by atoms with Gasteiger partial charge in [0.2, 0.25) is 0 Å². The van der Waals surface area contributed by atoms with Crippen molar-refractivity contribution in [1.29, 1.82) is 0 Å². The molecule has 0 aliphatic heterocycles. The SMILES string of the molecule is CCOc1cc2c(O)ccc(O)c2cc1OCC. The lowest BCUT2D eigenvalue weighted by atomic mass is 10.1. The quantitative estimate of drug-likeness (QED) is 0.816. The van der Waals surface area contributed by atoms with Gasteiger partial charge in [0, 0.05) is 10.8 Å². The van der Waals surface area contributed by atoms with E-state index >= 15 is 0 Å². The van der Waals surface area contributed by atoms with Crippen molar-refractivity contribution < 1.29 is 19.7 Å². The molecule has 2 N–H and O–H groups in total. The fraction of sp³-hybridized carbons (Fsp3) is 0.286. The van der Waals surface area contributed by atoms with Crippen LogP contribution in [-0.4, -0.2) is 23.4 Å². The summed E-state index contributed by atoms with van der Waals surface area (Å²) >= 11 is 0. The number of hydrogen-bond donors (Lipinski definition) is 2. The van der Waals surface area contributed by atoms with Gasteiger partial charge in [-0.3, -0.25) is 0 Å². The molecule has 0 fully saturated rings. The van der Waals surface area contributed by atoms with Crippen LogP contribution in [0.4, 0.5) is 0 Å². The van der Waals surface area contributed by atoms with Crippen molar-refractivity contribution in [3.63, 3.8) is 0 Å². The lowest BCUT2D eigenvalue weighted by Gasteiger charge is -2.13. The van der Waals surface area contributed by atoms with Crippen LogP contribution < -0.4 is 9.47 Å². The van der Waals surface area contributed by atoms with E-state index in [-0.39, 0.29) is 11.5 Å². The highest BCUT2D eigenvalue weighted by atomic mass is 16.5. The molecule has 0 saturated carbocycles. The summed E-state index contributed by atoms with van der Waals surface area (Å²) in [6.07, 6.45) is 0. The Morgan fingerprint density at radius 3 is 1.56 bits per heavy atom. The molecule has 0 aliphatic carbocycles. The molecular formula is C14H16O4. The largest absolute Gasteiger partial charge is 0.507 e. The topological polar surface area (TPSA) is 58.9 Å². The molecule has 0 bridgehead atoms. The average Bonchev–Trinajstić information content (AvgIpc) is 2.36. The van der Waals surface area contributed by atoms with Gasteiger partial charge in [-0.05, 0) is 38.1 Å². The van der Waals surface area contributed by atoms with Crippen LogP contribution in [0, 0.1) is 0 Å². The molecule has 4 heteroatoms. The Hall–Kier alpha value is -2.10. The minimum absolute atomic E-state index is 0.104. The van der Waals surface area contributed by atoms with Gasteiger partial charge in [0.25, 0.3) is 0 Å². The van der Waals surface area contributed by atoms with Crippen molar-refractivity contribution in [3.05, 3.63) is 24.3 Å². The highest BCUT2D eigenvalue weighted by Gasteiger charge is 2.12. The average molecular weight is 248 g/mol. The van der Waals surface area contributed by atoms with Crippen LogP contribution in [0.5, 0.6) is 23.0 Å². The first kappa shape index (κ1) is 12.4. The molecule has 2 rings (SSSR count). The summed E-state index contributed by atoms with van der Waals surface area (Å²) in [5.74, 6) is 1.33. The summed E-state index contributed by atoms with van der Waals surface area (Å²) in [5, 5.41) is 20.7. The van der Waals surface area contributed by atoms with Crippen LogP contribution in [0.3, 0.4) is 0 Å². The minimum Gasteiger partial charge on any atom is -0.507 e. The Morgan fingerprint density at radius 1 is 0.833 bits per heavy atom. The Balaban J connectivity index is 2.67. The first-order valence-electron chi connectivity index (χ1n) is 5.91. The van der Waals surface area contributed by atoms with Gasteiger partial charge in [-0.15, -0.1) is 0 Å². The third kappa shape index (κ3) is 2.14. The molecule has 2 aromatic rings. The summed E-state index contributed by atoms with van der Waals surface area (Å²) in [6, 6.07) is 6.26. The van der Waals surface area contributed by atoms with E-state index in [0.717, 1.165) is 0 Å². The second-order valence-corrected chi connectivity index (χ2v) is 3.81. The van der Waals surface area contributed by atoms with E-state index < -0.39 is 0 Å². The molecule has 0 unspecified atom stereocenters. The summed E-state index contributed by atoms with van der Waals surface area (Å²) in [4.78, 5) is 0. The van der Waals surface area contributed by atoms with E-state index in [1.165, 1.54) is 12.1 Å². The van der Waals surface area contributed by atoms with Crippen LogP contribution in [0.25, 0.3) is 10.8 Å². The number of hydrogen-bond acceptors (Lipinski definition) is 4. The fourth-order valence-corrected chi connectivity index (χ4v) is 1.86. The van der Waals surface area contributed by atoms with Crippen molar-refractivity contribution in [2.75, 3.05) is 13.2 Å². The van der Waals surface area contributed by atoms with Crippen LogP contribution in [0.2, 0.25) is 0 Å². The summed E-state index contributed by atoms with van der Waals surface area (Å²) in [5.41, 5.74) is 0. The van der Waals surface area contributed by atoms with Gasteiger partial charge in [-0.25, -0.2) is 0 Å². The third-order valence-electron chi connectivity index (χ3n) is 2.63. The molecule has 0 aromatic heterocycles. The predicted octanol–water partition coefficient (Wildman–Crippen LogP) is 3.05. The molecule has 2 aromatic carbocycles. The molecule has 96 valence electrons. The number of fused-ring (bicyclic) bond motifs is 1. The number of phenolic OH excluding ortho intramolecular Hbond substituents is 2. The number of ether oxygens (including phenoxy) is 2. The number of aromatic hydroxyl groups is 2. The normalized spacial score (nSPS) is 10.6. The standard InChI is InChI=1S/C14H16O4/c1-3-17-13-7-9-10(8-14(13)18-4-2)12(16)6-5-11(9)15/h5-8,15-16H,3-4H2,1-2H3. The molecule has 0 saturated heterocycles. The van der Waals surface area contributed by atoms with E-state index in [2.05, 4.69) is 0 Å². The Bertz CT molecular complexity index is 513. The van der Waals surface area contributed by atoms with Gasteiger partial charge >= 0.3 is 0 Å². The monoisotopic (exact) mass is 248 g/mol. The van der Waals surface area contributed by atoms with E-state index in [4.69, 9.17) is 9.47 Å². The first-order chi connectivity index (χ1) is 8.67. The van der Waals surface area contributed by atoms with Gasteiger partial charge in [-0.1, -0.05) is 0 Å². The van der Waals surface area contributed by atoms with Gasteiger partial charge < -0.3 is 19.7 Å².